The molecule has 0 N–H and O–H groups in total. The van der Waals surface area contributed by atoms with Crippen LogP contribution in [0.2, 0.25) is 15.1 Å². The molecule has 1 saturated heterocycles. The minimum absolute atomic E-state index is 0.0225. The number of ketones is 1. The van der Waals surface area contributed by atoms with Crippen molar-refractivity contribution in [3.8, 4) is 0 Å². The Balaban J connectivity index is 1.58. The Labute approximate surface area is 195 Å². The highest BCUT2D eigenvalue weighted by molar-refractivity contribution is 6.36. The predicted octanol–water partition coefficient (Wildman–Crippen LogP) is 6.53. The van der Waals surface area contributed by atoms with E-state index in [0.29, 0.717) is 40.3 Å². The lowest BCUT2D eigenvalue weighted by atomic mass is 10.0. The number of hydrogen-bond donors (Lipinski definition) is 0. The van der Waals surface area contributed by atoms with Crippen molar-refractivity contribution < 1.29 is 9.18 Å². The number of halogens is 4. The van der Waals surface area contributed by atoms with Crippen LogP contribution in [-0.2, 0) is 0 Å². The quantitative estimate of drug-likeness (QED) is 0.390. The van der Waals surface area contributed by atoms with Crippen molar-refractivity contribution in [2.75, 3.05) is 31.1 Å². The summed E-state index contributed by atoms with van der Waals surface area (Å²) in [6, 6.07) is 18.9. The third-order valence-electron chi connectivity index (χ3n) is 5.47. The van der Waals surface area contributed by atoms with Gasteiger partial charge < -0.3 is 4.90 Å². The fraction of sp³-hybridized carbons (Fsp3) is 0.208. The number of piperazine rings is 1. The van der Waals surface area contributed by atoms with E-state index in [4.69, 9.17) is 34.8 Å². The normalized spacial score (nSPS) is 17.0. The Morgan fingerprint density at radius 3 is 2.26 bits per heavy atom. The summed E-state index contributed by atoms with van der Waals surface area (Å²) in [7, 11) is 0. The molecule has 31 heavy (non-hydrogen) atoms. The van der Waals surface area contributed by atoms with Gasteiger partial charge in [-0.3, -0.25) is 9.69 Å². The Morgan fingerprint density at radius 1 is 0.903 bits per heavy atom. The summed E-state index contributed by atoms with van der Waals surface area (Å²) in [5.74, 6) is -0.388. The average Bonchev–Trinajstić information content (AvgIpc) is 2.75. The van der Waals surface area contributed by atoms with Crippen molar-refractivity contribution in [1.29, 1.82) is 0 Å². The van der Waals surface area contributed by atoms with Crippen LogP contribution in [0.5, 0.6) is 0 Å². The van der Waals surface area contributed by atoms with Gasteiger partial charge in [-0.2, -0.15) is 0 Å². The second-order valence-corrected chi connectivity index (χ2v) is 8.80. The van der Waals surface area contributed by atoms with Crippen molar-refractivity contribution in [1.82, 2.24) is 4.90 Å². The van der Waals surface area contributed by atoms with Crippen molar-refractivity contribution in [3.05, 3.63) is 98.7 Å². The van der Waals surface area contributed by atoms with Crippen LogP contribution >= 0.6 is 34.8 Å². The summed E-state index contributed by atoms with van der Waals surface area (Å²) >= 11 is 18.7. The molecule has 0 unspecified atom stereocenters. The lowest BCUT2D eigenvalue weighted by Gasteiger charge is -2.43. The van der Waals surface area contributed by atoms with E-state index >= 15 is 0 Å². The third-order valence-corrected chi connectivity index (χ3v) is 6.26. The van der Waals surface area contributed by atoms with E-state index in [1.807, 2.05) is 36.4 Å². The summed E-state index contributed by atoms with van der Waals surface area (Å²) in [6.45, 7) is 2.27. The van der Waals surface area contributed by atoms with Crippen LogP contribution < -0.4 is 4.90 Å². The summed E-state index contributed by atoms with van der Waals surface area (Å²) in [5.41, 5.74) is 2.48. The number of Topliss-reactive ketones (excluding diaryl/α,β-unsaturated/α-hetero) is 1. The Morgan fingerprint density at radius 2 is 1.58 bits per heavy atom. The van der Waals surface area contributed by atoms with Crippen LogP contribution in [-0.4, -0.2) is 36.9 Å². The zero-order chi connectivity index (χ0) is 22.0. The molecular weight excluding hydrogens is 458 g/mol. The maximum absolute atomic E-state index is 13.2. The second-order valence-electron chi connectivity index (χ2n) is 7.52. The minimum Gasteiger partial charge on any atom is -0.361 e. The SMILES string of the molecule is O=C(CN1CCN(c2ccc(Cl)cc2Cl)[C@H](c2ccc(Cl)cc2)C1)c1ccc(F)cc1. The van der Waals surface area contributed by atoms with Crippen LogP contribution in [0.4, 0.5) is 10.1 Å². The highest BCUT2D eigenvalue weighted by atomic mass is 35.5. The first-order valence-electron chi connectivity index (χ1n) is 9.89. The van der Waals surface area contributed by atoms with Crippen molar-refractivity contribution >= 4 is 46.3 Å². The summed E-state index contributed by atoms with van der Waals surface area (Å²) in [5, 5.41) is 1.83. The first kappa shape index (κ1) is 22.1. The molecular formula is C24H20Cl3FN2O. The zero-order valence-corrected chi connectivity index (χ0v) is 18.8. The Bertz CT molecular complexity index is 1070. The largest absolute Gasteiger partial charge is 0.361 e. The molecule has 7 heteroatoms. The Kier molecular flexibility index (Phi) is 6.83. The van der Waals surface area contributed by atoms with Gasteiger partial charge in [-0.25, -0.2) is 4.39 Å². The molecule has 0 radical (unpaired) electrons. The molecule has 4 rings (SSSR count). The van der Waals surface area contributed by atoms with E-state index in [1.165, 1.54) is 24.3 Å². The number of benzene rings is 3. The molecule has 1 fully saturated rings. The molecule has 0 saturated carbocycles. The molecule has 3 nitrogen and oxygen atoms in total. The predicted molar refractivity (Wildman–Crippen MR) is 125 cm³/mol. The second kappa shape index (κ2) is 9.58. The van der Waals surface area contributed by atoms with Gasteiger partial charge in [0, 0.05) is 35.2 Å². The molecule has 0 aliphatic carbocycles. The average molecular weight is 478 g/mol. The van der Waals surface area contributed by atoms with E-state index in [9.17, 15) is 9.18 Å². The standard InChI is InChI=1S/C24H20Cl3FN2O/c25-18-5-1-16(2-6-18)23-14-29(15-24(31)17-3-8-20(28)9-4-17)11-12-30(23)22-10-7-19(26)13-21(22)27/h1-10,13,23H,11-12,14-15H2/t23-/m0/s1. The molecule has 0 aromatic heterocycles. The van der Waals surface area contributed by atoms with Gasteiger partial charge in [0.25, 0.3) is 0 Å². The van der Waals surface area contributed by atoms with E-state index in [-0.39, 0.29) is 24.2 Å². The van der Waals surface area contributed by atoms with Crippen LogP contribution in [0.15, 0.2) is 66.7 Å². The van der Waals surface area contributed by atoms with E-state index in [2.05, 4.69) is 9.80 Å². The molecule has 1 aliphatic rings. The summed E-state index contributed by atoms with van der Waals surface area (Å²) in [4.78, 5) is 17.1. The fourth-order valence-electron chi connectivity index (χ4n) is 3.89. The summed E-state index contributed by atoms with van der Waals surface area (Å²) < 4.78 is 13.2. The van der Waals surface area contributed by atoms with Crippen molar-refractivity contribution in [3.63, 3.8) is 0 Å². The smallest absolute Gasteiger partial charge is 0.176 e. The molecule has 1 heterocycles. The van der Waals surface area contributed by atoms with E-state index < -0.39 is 0 Å². The minimum atomic E-state index is -0.354. The topological polar surface area (TPSA) is 23.6 Å². The van der Waals surface area contributed by atoms with Gasteiger partial charge in [0.2, 0.25) is 0 Å². The number of hydrogen-bond acceptors (Lipinski definition) is 3. The van der Waals surface area contributed by atoms with Gasteiger partial charge in [-0.1, -0.05) is 46.9 Å². The molecule has 0 bridgehead atoms. The van der Waals surface area contributed by atoms with Crippen LogP contribution in [0, 0.1) is 5.82 Å². The van der Waals surface area contributed by atoms with Gasteiger partial charge in [0.15, 0.2) is 5.78 Å². The first-order valence-corrected chi connectivity index (χ1v) is 11.0. The molecule has 160 valence electrons. The molecule has 0 amide bonds. The van der Waals surface area contributed by atoms with Crippen LogP contribution in [0.3, 0.4) is 0 Å². The third kappa shape index (κ3) is 5.21. The van der Waals surface area contributed by atoms with Crippen molar-refractivity contribution in [2.24, 2.45) is 0 Å². The number of carbonyl (C=O) groups excluding carboxylic acids is 1. The lowest BCUT2D eigenvalue weighted by molar-refractivity contribution is 0.0914. The zero-order valence-electron chi connectivity index (χ0n) is 16.6. The van der Waals surface area contributed by atoms with Gasteiger partial charge in [0.1, 0.15) is 5.82 Å². The maximum Gasteiger partial charge on any atom is 0.176 e. The van der Waals surface area contributed by atoms with Gasteiger partial charge >= 0.3 is 0 Å². The number of anilines is 1. The van der Waals surface area contributed by atoms with E-state index in [0.717, 1.165) is 11.3 Å². The van der Waals surface area contributed by atoms with Crippen LogP contribution in [0.25, 0.3) is 0 Å². The Hall–Kier alpha value is -2.11. The van der Waals surface area contributed by atoms with Crippen molar-refractivity contribution in [2.45, 2.75) is 6.04 Å². The number of carbonyl (C=O) groups is 1. The van der Waals surface area contributed by atoms with Gasteiger partial charge in [-0.15, -0.1) is 0 Å². The first-order chi connectivity index (χ1) is 14.9. The highest BCUT2D eigenvalue weighted by Gasteiger charge is 2.30. The molecule has 0 spiro atoms. The van der Waals surface area contributed by atoms with Gasteiger partial charge in [0.05, 0.1) is 23.3 Å². The van der Waals surface area contributed by atoms with E-state index in [1.54, 1.807) is 6.07 Å². The van der Waals surface area contributed by atoms with Gasteiger partial charge in [-0.05, 0) is 60.2 Å². The molecule has 3 aromatic carbocycles. The monoisotopic (exact) mass is 476 g/mol. The number of rotatable bonds is 5. The molecule has 3 aromatic rings. The molecule has 1 aliphatic heterocycles. The summed E-state index contributed by atoms with van der Waals surface area (Å²) in [6.07, 6.45) is 0. The molecule has 1 atom stereocenters. The fourth-order valence-corrected chi connectivity index (χ4v) is 4.53. The number of nitrogens with zero attached hydrogens (tertiary/aromatic N) is 2. The lowest BCUT2D eigenvalue weighted by Crippen LogP contribution is -2.50. The van der Waals surface area contributed by atoms with Crippen LogP contribution in [0.1, 0.15) is 22.0 Å². The highest BCUT2D eigenvalue weighted by Crippen LogP contribution is 2.36. The maximum atomic E-state index is 13.2.